The van der Waals surface area contributed by atoms with Crippen molar-refractivity contribution in [2.24, 2.45) is 5.73 Å². The maximum absolute atomic E-state index is 11.7. The van der Waals surface area contributed by atoms with Gasteiger partial charge in [-0.05, 0) is 40.7 Å². The van der Waals surface area contributed by atoms with Gasteiger partial charge in [-0.1, -0.05) is 57.2 Å². The lowest BCUT2D eigenvalue weighted by Gasteiger charge is -2.23. The molecule has 7 nitrogen and oxygen atoms in total. The Morgan fingerprint density at radius 2 is 1.63 bits per heavy atom. The molecule has 0 aromatic heterocycles. The number of hydrogen-bond acceptors (Lipinski definition) is 5. The lowest BCUT2D eigenvalue weighted by molar-refractivity contribution is -0.160. The Morgan fingerprint density at radius 3 is 2.13 bits per heavy atom. The zero-order valence-electron chi connectivity index (χ0n) is 17.4. The van der Waals surface area contributed by atoms with Gasteiger partial charge in [0.05, 0.1) is 0 Å². The van der Waals surface area contributed by atoms with Crippen LogP contribution in [-0.2, 0) is 37.6 Å². The fourth-order valence-electron chi connectivity index (χ4n) is 3.15. The molecule has 2 aromatic carbocycles. The minimum absolute atomic E-state index is 0.0557. The first kappa shape index (κ1) is 21.4. The first-order chi connectivity index (χ1) is 14.1. The summed E-state index contributed by atoms with van der Waals surface area (Å²) < 4.78 is 10.7. The normalized spacial score (nSPS) is 18.6. The first-order valence-electron chi connectivity index (χ1n) is 9.76. The van der Waals surface area contributed by atoms with Gasteiger partial charge < -0.3 is 20.5 Å². The van der Waals surface area contributed by atoms with E-state index in [1.165, 1.54) is 5.56 Å². The minimum atomic E-state index is -1.79. The van der Waals surface area contributed by atoms with E-state index < -0.39 is 23.5 Å². The lowest BCUT2D eigenvalue weighted by atomic mass is 9.87. The number of primary amides is 1. The van der Waals surface area contributed by atoms with E-state index in [0.717, 1.165) is 11.1 Å². The van der Waals surface area contributed by atoms with E-state index in [9.17, 15) is 14.4 Å². The zero-order valence-corrected chi connectivity index (χ0v) is 17.4. The average molecular weight is 410 g/mol. The minimum Gasteiger partial charge on any atom is -0.489 e. The van der Waals surface area contributed by atoms with Gasteiger partial charge in [0.15, 0.2) is 0 Å². The quantitative estimate of drug-likeness (QED) is 0.538. The molecule has 0 spiro atoms. The van der Waals surface area contributed by atoms with Gasteiger partial charge in [0.2, 0.25) is 0 Å². The van der Waals surface area contributed by atoms with Crippen molar-refractivity contribution in [3.63, 3.8) is 0 Å². The summed E-state index contributed by atoms with van der Waals surface area (Å²) in [4.78, 5) is 34.4. The number of cyclic esters (lactones) is 1. The largest absolute Gasteiger partial charge is 0.489 e. The van der Waals surface area contributed by atoms with Crippen LogP contribution in [0.2, 0.25) is 0 Å². The van der Waals surface area contributed by atoms with Gasteiger partial charge in [0.1, 0.15) is 12.4 Å². The third-order valence-corrected chi connectivity index (χ3v) is 5.08. The van der Waals surface area contributed by atoms with Crippen molar-refractivity contribution in [1.29, 1.82) is 0 Å². The van der Waals surface area contributed by atoms with E-state index in [2.05, 4.69) is 50.4 Å². The van der Waals surface area contributed by atoms with Crippen molar-refractivity contribution in [2.75, 3.05) is 0 Å². The van der Waals surface area contributed by atoms with E-state index in [1.807, 2.05) is 24.3 Å². The van der Waals surface area contributed by atoms with Crippen LogP contribution in [0.25, 0.3) is 0 Å². The van der Waals surface area contributed by atoms with Crippen LogP contribution < -0.4 is 15.8 Å². The fourth-order valence-corrected chi connectivity index (χ4v) is 3.15. The Kier molecular flexibility index (Phi) is 5.82. The molecule has 2 amide bonds. The number of amides is 2. The molecule has 158 valence electrons. The van der Waals surface area contributed by atoms with E-state index in [-0.39, 0.29) is 11.8 Å². The van der Waals surface area contributed by atoms with Gasteiger partial charge >= 0.3 is 11.9 Å². The molecule has 2 aromatic rings. The van der Waals surface area contributed by atoms with Crippen LogP contribution >= 0.6 is 0 Å². The summed E-state index contributed by atoms with van der Waals surface area (Å²) in [6, 6.07) is 15.7. The second-order valence-electron chi connectivity index (χ2n) is 8.41. The number of carbonyl (C=O) groups excluding carboxylic acids is 3. The number of hydrogen-bond donors (Lipinski definition) is 2. The number of rotatable bonds is 7. The summed E-state index contributed by atoms with van der Waals surface area (Å²) in [6.45, 7) is 6.98. The topological polar surface area (TPSA) is 108 Å². The highest BCUT2D eigenvalue weighted by Gasteiger charge is 2.50. The maximum Gasteiger partial charge on any atom is 0.399 e. The number of esters is 1. The van der Waals surface area contributed by atoms with Crippen LogP contribution in [0.1, 0.15) is 43.9 Å². The predicted octanol–water partition coefficient (Wildman–Crippen LogP) is 2.35. The summed E-state index contributed by atoms with van der Waals surface area (Å²) in [6.07, 6.45) is 0.436. The summed E-state index contributed by atoms with van der Waals surface area (Å²) >= 11 is 0. The molecule has 0 saturated carbocycles. The molecule has 3 rings (SSSR count). The van der Waals surface area contributed by atoms with Gasteiger partial charge in [0, 0.05) is 6.42 Å². The fraction of sp³-hybridized carbons (Fsp3) is 0.348. The average Bonchev–Trinajstić information content (AvgIpc) is 3.00. The molecular formula is C23H26N2O5. The molecule has 0 radical (unpaired) electrons. The third kappa shape index (κ3) is 4.79. The number of aryl methyl sites for hydroxylation is 1. The number of carbonyl (C=O) groups is 3. The molecular weight excluding hydrogens is 384 g/mol. The standard InChI is InChI=1S/C23H26N2O5/c1-22(2,3)17-8-4-16(5-9-17)14-29-18-10-6-15(7-11-18)12-13-23(21(24)28)25-19(26)20(27)30-23/h4-11H,12-14H2,1-3H3,(H2,24,28)(H,25,26). The van der Waals surface area contributed by atoms with Crippen molar-refractivity contribution < 1.29 is 23.9 Å². The van der Waals surface area contributed by atoms with Gasteiger partial charge in [0.25, 0.3) is 11.6 Å². The molecule has 1 aliphatic heterocycles. The van der Waals surface area contributed by atoms with Crippen molar-refractivity contribution in [3.8, 4) is 5.75 Å². The Morgan fingerprint density at radius 1 is 1.03 bits per heavy atom. The molecule has 1 heterocycles. The van der Waals surface area contributed by atoms with Gasteiger partial charge in [-0.2, -0.15) is 0 Å². The second-order valence-corrected chi connectivity index (χ2v) is 8.41. The highest BCUT2D eigenvalue weighted by Crippen LogP contribution is 2.24. The van der Waals surface area contributed by atoms with E-state index in [4.69, 9.17) is 15.2 Å². The molecule has 30 heavy (non-hydrogen) atoms. The Balaban J connectivity index is 1.55. The maximum atomic E-state index is 11.7. The van der Waals surface area contributed by atoms with Gasteiger partial charge in [-0.3, -0.25) is 9.59 Å². The monoisotopic (exact) mass is 410 g/mol. The van der Waals surface area contributed by atoms with E-state index in [0.29, 0.717) is 18.8 Å². The molecule has 1 atom stereocenters. The summed E-state index contributed by atoms with van der Waals surface area (Å²) in [7, 11) is 0. The molecule has 1 aliphatic rings. The molecule has 1 unspecified atom stereocenters. The van der Waals surface area contributed by atoms with E-state index >= 15 is 0 Å². The smallest absolute Gasteiger partial charge is 0.399 e. The predicted molar refractivity (Wildman–Crippen MR) is 110 cm³/mol. The van der Waals surface area contributed by atoms with Gasteiger partial charge in [-0.15, -0.1) is 0 Å². The SMILES string of the molecule is CC(C)(C)c1ccc(COc2ccc(CCC3(C(N)=O)NC(=O)C(=O)O3)cc2)cc1. The molecule has 1 fully saturated rings. The highest BCUT2D eigenvalue weighted by molar-refractivity contribution is 6.35. The summed E-state index contributed by atoms with van der Waals surface area (Å²) in [5.41, 5.74) is 6.88. The molecule has 0 bridgehead atoms. The van der Waals surface area contributed by atoms with Crippen molar-refractivity contribution >= 4 is 17.8 Å². The second kappa shape index (κ2) is 8.18. The molecule has 3 N–H and O–H groups in total. The lowest BCUT2D eigenvalue weighted by Crippen LogP contribution is -2.54. The van der Waals surface area contributed by atoms with Crippen LogP contribution in [0.15, 0.2) is 48.5 Å². The summed E-state index contributed by atoms with van der Waals surface area (Å²) in [5.74, 6) is -2.26. The van der Waals surface area contributed by atoms with Crippen molar-refractivity contribution in [2.45, 2.75) is 51.4 Å². The van der Waals surface area contributed by atoms with Crippen LogP contribution in [0.5, 0.6) is 5.75 Å². The van der Waals surface area contributed by atoms with Crippen LogP contribution in [-0.4, -0.2) is 23.5 Å². The highest BCUT2D eigenvalue weighted by atomic mass is 16.6. The van der Waals surface area contributed by atoms with Gasteiger partial charge in [-0.25, -0.2) is 4.79 Å². The molecule has 7 heteroatoms. The Hall–Kier alpha value is -3.35. The van der Waals surface area contributed by atoms with E-state index in [1.54, 1.807) is 0 Å². The number of nitrogens with two attached hydrogens (primary N) is 1. The Bertz CT molecular complexity index is 927. The van der Waals surface area contributed by atoms with Crippen molar-refractivity contribution in [1.82, 2.24) is 5.32 Å². The zero-order chi connectivity index (χ0) is 21.9. The van der Waals surface area contributed by atoms with Crippen LogP contribution in [0.4, 0.5) is 0 Å². The third-order valence-electron chi connectivity index (χ3n) is 5.08. The number of nitrogens with one attached hydrogen (secondary N) is 1. The Labute approximate surface area is 175 Å². The molecule has 0 aliphatic carbocycles. The molecule has 1 saturated heterocycles. The number of benzene rings is 2. The summed E-state index contributed by atoms with van der Waals surface area (Å²) in [5, 5.41) is 2.24. The first-order valence-corrected chi connectivity index (χ1v) is 9.76. The number of ether oxygens (including phenoxy) is 2. The van der Waals surface area contributed by atoms with Crippen LogP contribution in [0.3, 0.4) is 0 Å². The van der Waals surface area contributed by atoms with Crippen molar-refractivity contribution in [3.05, 3.63) is 65.2 Å². The van der Waals surface area contributed by atoms with Crippen LogP contribution in [0, 0.1) is 0 Å².